The number of rotatable bonds is 6. The van der Waals surface area contributed by atoms with Crippen molar-refractivity contribution in [3.63, 3.8) is 0 Å². The van der Waals surface area contributed by atoms with Crippen LogP contribution in [0, 0.1) is 0 Å². The number of nitrogens with zero attached hydrogens (tertiary/aromatic N) is 1. The Morgan fingerprint density at radius 2 is 1.66 bits per heavy atom. The Balaban J connectivity index is 1.32. The molecule has 0 fully saturated rings. The quantitative estimate of drug-likeness (QED) is 0.311. The van der Waals surface area contributed by atoms with E-state index in [2.05, 4.69) is 15.6 Å². The number of carbonyl (C=O) groups excluding carboxylic acids is 2. The molecular weight excluding hydrogens is 400 g/mol. The van der Waals surface area contributed by atoms with E-state index in [1.165, 1.54) is 6.08 Å². The highest BCUT2D eigenvalue weighted by Gasteiger charge is 2.06. The number of hydrogen-bond donors (Lipinski definition) is 3. The highest BCUT2D eigenvalue weighted by atomic mass is 16.2. The molecule has 0 aliphatic carbocycles. The molecule has 0 saturated heterocycles. The standard InChI is InChI=1S/C26H22N4O2/c27-23-7-3-4-8-24(23)30-25(31)14-13-21-11-12-22(17-28-21)29-26(32)16-18-9-10-19-5-1-2-6-20(19)15-18/h1-15,17H,16,27H2,(H,29,32)(H,30,31)/b14-13+. The molecule has 4 N–H and O–H groups in total. The maximum absolute atomic E-state index is 12.4. The van der Waals surface area contributed by atoms with E-state index in [0.717, 1.165) is 16.3 Å². The van der Waals surface area contributed by atoms with Crippen molar-refractivity contribution < 1.29 is 9.59 Å². The molecule has 0 atom stereocenters. The Morgan fingerprint density at radius 1 is 0.875 bits per heavy atom. The number of anilines is 3. The summed E-state index contributed by atoms with van der Waals surface area (Å²) in [6.07, 6.45) is 4.81. The molecular formula is C26H22N4O2. The first-order chi connectivity index (χ1) is 15.6. The normalized spacial score (nSPS) is 10.9. The van der Waals surface area contributed by atoms with Crippen LogP contribution in [0.3, 0.4) is 0 Å². The average molecular weight is 422 g/mol. The van der Waals surface area contributed by atoms with Crippen molar-refractivity contribution in [3.05, 3.63) is 102 Å². The third-order valence-corrected chi connectivity index (χ3v) is 4.87. The van der Waals surface area contributed by atoms with E-state index in [1.807, 2.05) is 42.5 Å². The van der Waals surface area contributed by atoms with Crippen LogP contribution in [0.2, 0.25) is 0 Å². The largest absolute Gasteiger partial charge is 0.397 e. The fourth-order valence-electron chi connectivity index (χ4n) is 3.26. The van der Waals surface area contributed by atoms with Crippen LogP contribution in [-0.4, -0.2) is 16.8 Å². The number of nitrogen functional groups attached to an aromatic ring is 1. The number of hydrogen-bond acceptors (Lipinski definition) is 4. The van der Waals surface area contributed by atoms with Gasteiger partial charge in [-0.15, -0.1) is 0 Å². The highest BCUT2D eigenvalue weighted by molar-refractivity contribution is 6.03. The summed E-state index contributed by atoms with van der Waals surface area (Å²) in [5.41, 5.74) is 9.00. The molecule has 158 valence electrons. The zero-order chi connectivity index (χ0) is 22.3. The van der Waals surface area contributed by atoms with E-state index in [1.54, 1.807) is 48.7 Å². The summed E-state index contributed by atoms with van der Waals surface area (Å²) in [4.78, 5) is 28.7. The number of nitrogens with one attached hydrogen (secondary N) is 2. The van der Waals surface area contributed by atoms with Gasteiger partial charge in [-0.3, -0.25) is 14.6 Å². The second-order valence-electron chi connectivity index (χ2n) is 7.29. The minimum Gasteiger partial charge on any atom is -0.397 e. The Labute approximate surface area is 185 Å². The Bertz CT molecular complexity index is 1300. The highest BCUT2D eigenvalue weighted by Crippen LogP contribution is 2.18. The minimum atomic E-state index is -0.308. The molecule has 2 amide bonds. The van der Waals surface area contributed by atoms with Crippen LogP contribution in [0.1, 0.15) is 11.3 Å². The van der Waals surface area contributed by atoms with E-state index >= 15 is 0 Å². The van der Waals surface area contributed by atoms with Gasteiger partial charge in [0.1, 0.15) is 0 Å². The zero-order valence-corrected chi connectivity index (χ0v) is 17.3. The monoisotopic (exact) mass is 422 g/mol. The van der Waals surface area contributed by atoms with E-state index in [-0.39, 0.29) is 18.2 Å². The number of pyridine rings is 1. The van der Waals surface area contributed by atoms with Crippen LogP contribution in [0.15, 0.2) is 91.1 Å². The van der Waals surface area contributed by atoms with Crippen LogP contribution < -0.4 is 16.4 Å². The van der Waals surface area contributed by atoms with Gasteiger partial charge in [0.05, 0.1) is 35.4 Å². The molecule has 4 rings (SSSR count). The third-order valence-electron chi connectivity index (χ3n) is 4.87. The van der Waals surface area contributed by atoms with E-state index in [9.17, 15) is 9.59 Å². The van der Waals surface area contributed by atoms with Gasteiger partial charge in [0, 0.05) is 6.08 Å². The first-order valence-corrected chi connectivity index (χ1v) is 10.1. The summed E-state index contributed by atoms with van der Waals surface area (Å²) in [6, 6.07) is 24.6. The fourth-order valence-corrected chi connectivity index (χ4v) is 3.26. The molecule has 6 nitrogen and oxygen atoms in total. The van der Waals surface area contributed by atoms with Crippen molar-refractivity contribution in [3.8, 4) is 0 Å². The van der Waals surface area contributed by atoms with Crippen molar-refractivity contribution in [2.45, 2.75) is 6.42 Å². The smallest absolute Gasteiger partial charge is 0.248 e. The van der Waals surface area contributed by atoms with Gasteiger partial charge in [-0.2, -0.15) is 0 Å². The maximum Gasteiger partial charge on any atom is 0.248 e. The van der Waals surface area contributed by atoms with Gasteiger partial charge in [0.15, 0.2) is 0 Å². The number of carbonyl (C=O) groups is 2. The molecule has 0 aliphatic heterocycles. The number of para-hydroxylation sites is 2. The minimum absolute atomic E-state index is 0.120. The van der Waals surface area contributed by atoms with Crippen molar-refractivity contribution in [1.82, 2.24) is 4.98 Å². The van der Waals surface area contributed by atoms with Gasteiger partial charge in [-0.1, -0.05) is 54.6 Å². The summed E-state index contributed by atoms with van der Waals surface area (Å²) in [6.45, 7) is 0. The summed E-state index contributed by atoms with van der Waals surface area (Å²) in [5.74, 6) is -0.428. The fraction of sp³-hybridized carbons (Fsp3) is 0.0385. The zero-order valence-electron chi connectivity index (χ0n) is 17.3. The molecule has 1 aromatic heterocycles. The van der Waals surface area contributed by atoms with Crippen LogP contribution >= 0.6 is 0 Å². The average Bonchev–Trinajstić information content (AvgIpc) is 2.80. The number of nitrogens with two attached hydrogens (primary N) is 1. The third kappa shape index (κ3) is 5.37. The van der Waals surface area contributed by atoms with Gasteiger partial charge in [-0.25, -0.2) is 0 Å². The lowest BCUT2D eigenvalue weighted by Gasteiger charge is -2.07. The molecule has 4 aromatic rings. The molecule has 32 heavy (non-hydrogen) atoms. The first kappa shape index (κ1) is 20.8. The lowest BCUT2D eigenvalue weighted by Crippen LogP contribution is -2.14. The molecule has 3 aromatic carbocycles. The van der Waals surface area contributed by atoms with Crippen molar-refractivity contribution in [2.75, 3.05) is 16.4 Å². The SMILES string of the molecule is Nc1ccccc1NC(=O)/C=C/c1ccc(NC(=O)Cc2ccc3ccccc3c2)cn1. The van der Waals surface area contributed by atoms with Crippen molar-refractivity contribution in [2.24, 2.45) is 0 Å². The van der Waals surface area contributed by atoms with Crippen LogP contribution in [-0.2, 0) is 16.0 Å². The molecule has 0 unspecified atom stereocenters. The van der Waals surface area contributed by atoms with Crippen LogP contribution in [0.25, 0.3) is 16.8 Å². The second-order valence-corrected chi connectivity index (χ2v) is 7.29. The predicted octanol–water partition coefficient (Wildman–Crippen LogP) is 4.65. The number of amides is 2. The molecule has 0 aliphatic rings. The molecule has 6 heteroatoms. The molecule has 0 spiro atoms. The Morgan fingerprint density at radius 3 is 2.44 bits per heavy atom. The Hall–Kier alpha value is -4.45. The number of aromatic nitrogens is 1. The van der Waals surface area contributed by atoms with Crippen molar-refractivity contribution in [1.29, 1.82) is 0 Å². The predicted molar refractivity (Wildman–Crippen MR) is 129 cm³/mol. The number of fused-ring (bicyclic) bond motifs is 1. The van der Waals surface area contributed by atoms with E-state index < -0.39 is 0 Å². The van der Waals surface area contributed by atoms with Gasteiger partial charge in [0.2, 0.25) is 11.8 Å². The van der Waals surface area contributed by atoms with Crippen LogP contribution in [0.4, 0.5) is 17.1 Å². The Kier molecular flexibility index (Phi) is 6.22. The van der Waals surface area contributed by atoms with Gasteiger partial charge < -0.3 is 16.4 Å². The summed E-state index contributed by atoms with van der Waals surface area (Å²) < 4.78 is 0. The molecule has 0 bridgehead atoms. The second kappa shape index (κ2) is 9.57. The van der Waals surface area contributed by atoms with Gasteiger partial charge >= 0.3 is 0 Å². The topological polar surface area (TPSA) is 97.1 Å². The number of benzene rings is 3. The lowest BCUT2D eigenvalue weighted by molar-refractivity contribution is -0.115. The molecule has 0 radical (unpaired) electrons. The van der Waals surface area contributed by atoms with E-state index in [4.69, 9.17) is 5.73 Å². The van der Waals surface area contributed by atoms with Gasteiger partial charge in [-0.05, 0) is 46.7 Å². The molecule has 1 heterocycles. The maximum atomic E-state index is 12.4. The molecule has 0 saturated carbocycles. The van der Waals surface area contributed by atoms with Crippen molar-refractivity contribution >= 4 is 45.7 Å². The van der Waals surface area contributed by atoms with E-state index in [0.29, 0.717) is 22.8 Å². The first-order valence-electron chi connectivity index (χ1n) is 10.1. The summed E-state index contributed by atoms with van der Waals surface area (Å²) in [7, 11) is 0. The summed E-state index contributed by atoms with van der Waals surface area (Å²) in [5, 5.41) is 7.82. The van der Waals surface area contributed by atoms with Gasteiger partial charge in [0.25, 0.3) is 0 Å². The lowest BCUT2D eigenvalue weighted by atomic mass is 10.0. The van der Waals surface area contributed by atoms with Crippen LogP contribution in [0.5, 0.6) is 0 Å². The summed E-state index contributed by atoms with van der Waals surface area (Å²) >= 11 is 0.